The van der Waals surface area contributed by atoms with Crippen molar-refractivity contribution in [1.29, 1.82) is 0 Å². The topological polar surface area (TPSA) is 68.5 Å². The van der Waals surface area contributed by atoms with E-state index < -0.39 is 5.54 Å². The fourth-order valence-corrected chi connectivity index (χ4v) is 7.08. The fraction of sp³-hybridized carbons (Fsp3) is 0.0909. The summed E-state index contributed by atoms with van der Waals surface area (Å²) in [5.41, 5.74) is 10.9. The lowest BCUT2D eigenvalue weighted by Crippen LogP contribution is -2.39. The molecule has 0 bridgehead atoms. The van der Waals surface area contributed by atoms with E-state index in [2.05, 4.69) is 157 Å². The maximum atomic E-state index is 4.78. The van der Waals surface area contributed by atoms with E-state index in [1.165, 1.54) is 11.1 Å². The molecular weight excluding hydrogens is 613 g/mol. The van der Waals surface area contributed by atoms with Crippen molar-refractivity contribution in [1.82, 2.24) is 25.2 Å². The molecule has 6 aromatic carbocycles. The number of hydrogen-bond acceptors (Lipinski definition) is 5. The van der Waals surface area contributed by atoms with Gasteiger partial charge in [-0.25, -0.2) is 4.68 Å². The number of aromatic nitrogens is 5. The normalized spacial score (nSPS) is 11.5. The highest BCUT2D eigenvalue weighted by Gasteiger charge is 2.42. The standard InChI is InChI=1S/C44H36N6/c1-31-15-14-24-40-41(29-32(2)46-42(31)40)45-30-33-25-27-34(28-26-33)38-22-12-13-23-39(38)43-47-48-49-50(43)44(35-16-6-3-7-17-35,36-18-8-4-9-19-36)37-20-10-5-11-21-37/h3-29H,30H2,1-2H3,(H,45,46). The van der Waals surface area contributed by atoms with Crippen molar-refractivity contribution in [3.05, 3.63) is 197 Å². The molecule has 0 aliphatic heterocycles. The number of tetrazole rings is 1. The number of nitrogens with one attached hydrogen (secondary N) is 1. The largest absolute Gasteiger partial charge is 0.380 e. The number of nitrogens with zero attached hydrogens (tertiary/aromatic N) is 5. The Balaban J connectivity index is 1.19. The van der Waals surface area contributed by atoms with E-state index >= 15 is 0 Å². The van der Waals surface area contributed by atoms with Crippen LogP contribution in [0.4, 0.5) is 5.69 Å². The average Bonchev–Trinajstić information content (AvgIpc) is 3.66. The van der Waals surface area contributed by atoms with Crippen LogP contribution in [0.1, 0.15) is 33.5 Å². The van der Waals surface area contributed by atoms with Crippen LogP contribution in [0.25, 0.3) is 33.4 Å². The molecule has 6 nitrogen and oxygen atoms in total. The Bertz CT molecular complexity index is 2290. The van der Waals surface area contributed by atoms with Crippen LogP contribution in [0, 0.1) is 13.8 Å². The average molecular weight is 649 g/mol. The van der Waals surface area contributed by atoms with Crippen LogP contribution >= 0.6 is 0 Å². The van der Waals surface area contributed by atoms with Gasteiger partial charge in [-0.15, -0.1) is 5.10 Å². The molecule has 1 N–H and O–H groups in total. The van der Waals surface area contributed by atoms with Gasteiger partial charge in [-0.05, 0) is 69.3 Å². The number of para-hydroxylation sites is 1. The Kier molecular flexibility index (Phi) is 8.19. The smallest absolute Gasteiger partial charge is 0.184 e. The van der Waals surface area contributed by atoms with E-state index in [9.17, 15) is 0 Å². The monoisotopic (exact) mass is 648 g/mol. The fourth-order valence-electron chi connectivity index (χ4n) is 7.08. The molecule has 2 aromatic heterocycles. The number of aryl methyl sites for hydroxylation is 2. The first-order valence-electron chi connectivity index (χ1n) is 16.9. The van der Waals surface area contributed by atoms with Crippen molar-refractivity contribution in [3.8, 4) is 22.5 Å². The minimum Gasteiger partial charge on any atom is -0.380 e. The Morgan fingerprint density at radius 2 is 1.18 bits per heavy atom. The SMILES string of the molecule is Cc1cc(NCc2ccc(-c3ccccc3-c3nnnn3C(c3ccccc3)(c3ccccc3)c3ccccc3)cc2)c2cccc(C)c2n1. The van der Waals surface area contributed by atoms with E-state index in [1.54, 1.807) is 0 Å². The summed E-state index contributed by atoms with van der Waals surface area (Å²) in [5.74, 6) is 0.679. The molecule has 6 heteroatoms. The number of rotatable bonds is 9. The van der Waals surface area contributed by atoms with Gasteiger partial charge in [0.25, 0.3) is 0 Å². The molecule has 0 saturated heterocycles. The van der Waals surface area contributed by atoms with Crippen molar-refractivity contribution >= 4 is 16.6 Å². The lowest BCUT2D eigenvalue weighted by molar-refractivity contribution is 0.451. The van der Waals surface area contributed by atoms with Crippen LogP contribution < -0.4 is 5.32 Å². The van der Waals surface area contributed by atoms with Crippen LogP contribution in [0.2, 0.25) is 0 Å². The van der Waals surface area contributed by atoms with Crippen LogP contribution in [-0.2, 0) is 12.1 Å². The molecule has 0 amide bonds. The molecule has 0 fully saturated rings. The number of hydrogen-bond donors (Lipinski definition) is 1. The predicted octanol–water partition coefficient (Wildman–Crippen LogP) is 9.62. The van der Waals surface area contributed by atoms with Gasteiger partial charge in [0.2, 0.25) is 0 Å². The van der Waals surface area contributed by atoms with Crippen molar-refractivity contribution < 1.29 is 0 Å². The van der Waals surface area contributed by atoms with Gasteiger partial charge in [0.05, 0.1) is 5.52 Å². The maximum Gasteiger partial charge on any atom is 0.184 e. The molecule has 0 unspecified atom stereocenters. The molecule has 0 aliphatic rings. The number of anilines is 1. The van der Waals surface area contributed by atoms with Gasteiger partial charge in [0.1, 0.15) is 5.54 Å². The zero-order valence-electron chi connectivity index (χ0n) is 28.0. The lowest BCUT2D eigenvalue weighted by atomic mass is 9.77. The van der Waals surface area contributed by atoms with Crippen LogP contribution in [0.15, 0.2) is 164 Å². The summed E-state index contributed by atoms with van der Waals surface area (Å²) in [6, 6.07) is 57.1. The molecule has 8 rings (SSSR count). The summed E-state index contributed by atoms with van der Waals surface area (Å²) in [7, 11) is 0. The Morgan fingerprint density at radius 3 is 1.80 bits per heavy atom. The van der Waals surface area contributed by atoms with Gasteiger partial charge >= 0.3 is 0 Å². The molecular formula is C44H36N6. The predicted molar refractivity (Wildman–Crippen MR) is 202 cm³/mol. The summed E-state index contributed by atoms with van der Waals surface area (Å²) in [6.07, 6.45) is 0. The molecule has 0 radical (unpaired) electrons. The maximum absolute atomic E-state index is 4.78. The van der Waals surface area contributed by atoms with E-state index in [0.29, 0.717) is 12.4 Å². The van der Waals surface area contributed by atoms with Crippen LogP contribution in [0.3, 0.4) is 0 Å². The Hall–Kier alpha value is -6.40. The van der Waals surface area contributed by atoms with Gasteiger partial charge in [0, 0.05) is 28.9 Å². The number of pyridine rings is 1. The van der Waals surface area contributed by atoms with Crippen molar-refractivity contribution in [3.63, 3.8) is 0 Å². The molecule has 8 aromatic rings. The molecule has 242 valence electrons. The summed E-state index contributed by atoms with van der Waals surface area (Å²) in [5, 5.41) is 18.6. The van der Waals surface area contributed by atoms with E-state index in [1.807, 2.05) is 35.9 Å². The van der Waals surface area contributed by atoms with Crippen molar-refractivity contribution in [2.45, 2.75) is 25.9 Å². The number of fused-ring (bicyclic) bond motifs is 1. The van der Waals surface area contributed by atoms with Crippen molar-refractivity contribution in [2.75, 3.05) is 5.32 Å². The molecule has 0 aliphatic carbocycles. The Labute approximate surface area is 292 Å². The highest BCUT2D eigenvalue weighted by atomic mass is 15.6. The van der Waals surface area contributed by atoms with Gasteiger partial charge in [-0.1, -0.05) is 158 Å². The Morgan fingerprint density at radius 1 is 0.600 bits per heavy atom. The molecule has 0 spiro atoms. The summed E-state index contributed by atoms with van der Waals surface area (Å²) in [6.45, 7) is 4.85. The zero-order chi connectivity index (χ0) is 33.9. The third kappa shape index (κ3) is 5.51. The summed E-state index contributed by atoms with van der Waals surface area (Å²) >= 11 is 0. The van der Waals surface area contributed by atoms with Gasteiger partial charge < -0.3 is 5.32 Å². The van der Waals surface area contributed by atoms with E-state index in [4.69, 9.17) is 15.3 Å². The third-order valence-corrected chi connectivity index (χ3v) is 9.45. The van der Waals surface area contributed by atoms with Crippen LogP contribution in [-0.4, -0.2) is 25.2 Å². The number of benzene rings is 6. The third-order valence-electron chi connectivity index (χ3n) is 9.45. The quantitative estimate of drug-likeness (QED) is 0.158. The first kappa shape index (κ1) is 30.9. The first-order chi connectivity index (χ1) is 24.6. The highest BCUT2D eigenvalue weighted by Crippen LogP contribution is 2.43. The van der Waals surface area contributed by atoms with E-state index in [-0.39, 0.29) is 0 Å². The molecule has 50 heavy (non-hydrogen) atoms. The van der Waals surface area contributed by atoms with Crippen LogP contribution in [0.5, 0.6) is 0 Å². The van der Waals surface area contributed by atoms with Gasteiger partial charge in [0.15, 0.2) is 5.82 Å². The summed E-state index contributed by atoms with van der Waals surface area (Å²) in [4.78, 5) is 4.78. The minimum absolute atomic E-state index is 0.679. The minimum atomic E-state index is -0.834. The second-order valence-corrected chi connectivity index (χ2v) is 12.6. The van der Waals surface area contributed by atoms with Gasteiger partial charge in [-0.3, -0.25) is 4.98 Å². The molecule has 2 heterocycles. The summed E-state index contributed by atoms with van der Waals surface area (Å²) < 4.78 is 1.99. The second-order valence-electron chi connectivity index (χ2n) is 12.6. The first-order valence-corrected chi connectivity index (χ1v) is 16.9. The van der Waals surface area contributed by atoms with Crippen molar-refractivity contribution in [2.24, 2.45) is 0 Å². The lowest BCUT2D eigenvalue weighted by Gasteiger charge is -2.36. The van der Waals surface area contributed by atoms with E-state index in [0.717, 1.165) is 55.7 Å². The second kappa shape index (κ2) is 13.2. The molecule has 0 saturated carbocycles. The molecule has 0 atom stereocenters. The zero-order valence-corrected chi connectivity index (χ0v) is 28.0. The van der Waals surface area contributed by atoms with Gasteiger partial charge in [-0.2, -0.15) is 0 Å². The highest BCUT2D eigenvalue weighted by molar-refractivity contribution is 5.93.